The number of anilines is 1. The summed E-state index contributed by atoms with van der Waals surface area (Å²) in [5, 5.41) is 11.0. The minimum absolute atomic E-state index is 0.114. The molecule has 1 aliphatic rings. The Kier molecular flexibility index (Phi) is 3.28. The lowest BCUT2D eigenvalue weighted by Crippen LogP contribution is -2.43. The van der Waals surface area contributed by atoms with Gasteiger partial charge < -0.3 is 10.6 Å². The van der Waals surface area contributed by atoms with Crippen molar-refractivity contribution in [1.82, 2.24) is 0 Å². The first kappa shape index (κ1) is 11.9. The average Bonchev–Trinajstić information content (AvgIpc) is 2.28. The van der Waals surface area contributed by atoms with Crippen molar-refractivity contribution in [1.29, 1.82) is 0 Å². The molecule has 0 saturated carbocycles. The number of nitrogens with two attached hydrogens (primary N) is 1. The zero-order chi connectivity index (χ0) is 12.4. The molecule has 0 bridgehead atoms. The number of nitro benzene ring substituents is 1. The maximum atomic E-state index is 11.0. The molecule has 17 heavy (non-hydrogen) atoms. The number of benzene rings is 1. The standard InChI is InChI=1S/C12H17N3O2/c1-9-4-2-6-11(15(16)17)12(9)14-7-3-5-10(13)8-14/h2,4,6,10H,3,5,7-8,13H2,1H3. The molecular weight excluding hydrogens is 218 g/mol. The molecule has 1 fully saturated rings. The first-order valence-electron chi connectivity index (χ1n) is 5.84. The van der Waals surface area contributed by atoms with Gasteiger partial charge in [-0.1, -0.05) is 12.1 Å². The van der Waals surface area contributed by atoms with Crippen molar-refractivity contribution >= 4 is 11.4 Å². The lowest BCUT2D eigenvalue weighted by atomic mass is 10.0. The van der Waals surface area contributed by atoms with Crippen molar-refractivity contribution in [3.8, 4) is 0 Å². The van der Waals surface area contributed by atoms with E-state index in [4.69, 9.17) is 5.73 Å². The Morgan fingerprint density at radius 2 is 2.29 bits per heavy atom. The fourth-order valence-corrected chi connectivity index (χ4v) is 2.42. The van der Waals surface area contributed by atoms with E-state index in [0.29, 0.717) is 6.54 Å². The van der Waals surface area contributed by atoms with E-state index in [2.05, 4.69) is 0 Å². The number of aryl methyl sites for hydroxylation is 1. The molecule has 2 rings (SSSR count). The second-order valence-corrected chi connectivity index (χ2v) is 4.55. The summed E-state index contributed by atoms with van der Waals surface area (Å²) >= 11 is 0. The van der Waals surface area contributed by atoms with Gasteiger partial charge >= 0.3 is 0 Å². The van der Waals surface area contributed by atoms with Gasteiger partial charge in [0.1, 0.15) is 5.69 Å². The van der Waals surface area contributed by atoms with Gasteiger partial charge in [-0.3, -0.25) is 10.1 Å². The fourth-order valence-electron chi connectivity index (χ4n) is 2.42. The van der Waals surface area contributed by atoms with Crippen LogP contribution in [0.25, 0.3) is 0 Å². The first-order chi connectivity index (χ1) is 8.09. The maximum absolute atomic E-state index is 11.0. The highest BCUT2D eigenvalue weighted by Crippen LogP contribution is 2.33. The van der Waals surface area contributed by atoms with Crippen LogP contribution in [-0.4, -0.2) is 24.1 Å². The molecule has 2 N–H and O–H groups in total. The van der Waals surface area contributed by atoms with Gasteiger partial charge in [0.05, 0.1) is 4.92 Å². The van der Waals surface area contributed by atoms with E-state index >= 15 is 0 Å². The zero-order valence-electron chi connectivity index (χ0n) is 9.93. The molecular formula is C12H17N3O2. The molecule has 0 radical (unpaired) electrons. The number of rotatable bonds is 2. The van der Waals surface area contributed by atoms with Gasteiger partial charge in [-0.05, 0) is 25.3 Å². The van der Waals surface area contributed by atoms with Crippen LogP contribution < -0.4 is 10.6 Å². The Balaban J connectivity index is 2.39. The number of nitro groups is 1. The van der Waals surface area contributed by atoms with Gasteiger partial charge in [-0.15, -0.1) is 0 Å². The molecule has 92 valence electrons. The summed E-state index contributed by atoms with van der Waals surface area (Å²) in [4.78, 5) is 12.8. The predicted octanol–water partition coefficient (Wildman–Crippen LogP) is 1.83. The molecule has 1 unspecified atom stereocenters. The van der Waals surface area contributed by atoms with Crippen LogP contribution in [0.5, 0.6) is 0 Å². The fraction of sp³-hybridized carbons (Fsp3) is 0.500. The molecule has 1 aromatic rings. The largest absolute Gasteiger partial charge is 0.364 e. The molecule has 0 aliphatic carbocycles. The molecule has 1 saturated heterocycles. The minimum Gasteiger partial charge on any atom is -0.364 e. The highest BCUT2D eigenvalue weighted by Gasteiger charge is 2.25. The predicted molar refractivity (Wildman–Crippen MR) is 67.3 cm³/mol. The van der Waals surface area contributed by atoms with Crippen LogP contribution in [0.2, 0.25) is 0 Å². The van der Waals surface area contributed by atoms with E-state index in [1.54, 1.807) is 12.1 Å². The highest BCUT2D eigenvalue weighted by molar-refractivity contribution is 5.67. The second kappa shape index (κ2) is 4.71. The van der Waals surface area contributed by atoms with Gasteiger partial charge in [0.15, 0.2) is 0 Å². The van der Waals surface area contributed by atoms with Crippen molar-refractivity contribution in [3.63, 3.8) is 0 Å². The summed E-state index contributed by atoms with van der Waals surface area (Å²) in [5.41, 5.74) is 7.77. The normalized spacial score (nSPS) is 20.4. The molecule has 1 atom stereocenters. The molecule has 5 heteroatoms. The van der Waals surface area contributed by atoms with Crippen molar-refractivity contribution in [2.45, 2.75) is 25.8 Å². The van der Waals surface area contributed by atoms with E-state index in [-0.39, 0.29) is 16.7 Å². The monoisotopic (exact) mass is 235 g/mol. The van der Waals surface area contributed by atoms with Gasteiger partial charge in [0.25, 0.3) is 5.69 Å². The van der Waals surface area contributed by atoms with E-state index in [9.17, 15) is 10.1 Å². The Morgan fingerprint density at radius 3 is 2.94 bits per heavy atom. The van der Waals surface area contributed by atoms with Crippen molar-refractivity contribution in [2.24, 2.45) is 5.73 Å². The summed E-state index contributed by atoms with van der Waals surface area (Å²) in [6, 6.07) is 5.30. The lowest BCUT2D eigenvalue weighted by Gasteiger charge is -2.33. The molecule has 0 amide bonds. The van der Waals surface area contributed by atoms with Gasteiger partial charge in [0, 0.05) is 25.2 Å². The van der Waals surface area contributed by atoms with Crippen LogP contribution in [0.4, 0.5) is 11.4 Å². The molecule has 1 heterocycles. The van der Waals surface area contributed by atoms with Crippen molar-refractivity contribution < 1.29 is 4.92 Å². The number of para-hydroxylation sites is 1. The summed E-state index contributed by atoms with van der Waals surface area (Å²) in [5.74, 6) is 0. The van der Waals surface area contributed by atoms with E-state index < -0.39 is 0 Å². The van der Waals surface area contributed by atoms with Crippen LogP contribution in [-0.2, 0) is 0 Å². The Labute approximate surface area is 100 Å². The second-order valence-electron chi connectivity index (χ2n) is 4.55. The molecule has 1 aromatic carbocycles. The summed E-state index contributed by atoms with van der Waals surface area (Å²) in [6.45, 7) is 3.45. The number of nitrogens with zero attached hydrogens (tertiary/aromatic N) is 2. The van der Waals surface area contributed by atoms with Crippen LogP contribution in [0.3, 0.4) is 0 Å². The van der Waals surface area contributed by atoms with Crippen LogP contribution in [0, 0.1) is 17.0 Å². The molecule has 1 aliphatic heterocycles. The van der Waals surface area contributed by atoms with Crippen LogP contribution in [0.15, 0.2) is 18.2 Å². The minimum atomic E-state index is -0.317. The van der Waals surface area contributed by atoms with Crippen molar-refractivity contribution in [2.75, 3.05) is 18.0 Å². The SMILES string of the molecule is Cc1cccc([N+](=O)[O-])c1N1CCCC(N)C1. The third kappa shape index (κ3) is 2.39. The first-order valence-corrected chi connectivity index (χ1v) is 5.84. The van der Waals surface area contributed by atoms with E-state index in [1.165, 1.54) is 0 Å². The average molecular weight is 235 g/mol. The number of piperidine rings is 1. The van der Waals surface area contributed by atoms with Crippen LogP contribution in [0.1, 0.15) is 18.4 Å². The van der Waals surface area contributed by atoms with E-state index in [1.807, 2.05) is 17.9 Å². The molecule has 0 spiro atoms. The quantitative estimate of drug-likeness (QED) is 0.627. The summed E-state index contributed by atoms with van der Waals surface area (Å²) in [7, 11) is 0. The van der Waals surface area contributed by atoms with E-state index in [0.717, 1.165) is 30.6 Å². The Morgan fingerprint density at radius 1 is 1.53 bits per heavy atom. The topological polar surface area (TPSA) is 72.4 Å². The summed E-state index contributed by atoms with van der Waals surface area (Å²) in [6.07, 6.45) is 1.99. The van der Waals surface area contributed by atoms with Crippen molar-refractivity contribution in [3.05, 3.63) is 33.9 Å². The number of hydrogen-bond donors (Lipinski definition) is 1. The lowest BCUT2D eigenvalue weighted by molar-refractivity contribution is -0.384. The smallest absolute Gasteiger partial charge is 0.292 e. The Hall–Kier alpha value is -1.62. The van der Waals surface area contributed by atoms with Gasteiger partial charge in [-0.2, -0.15) is 0 Å². The molecule has 0 aromatic heterocycles. The van der Waals surface area contributed by atoms with Crippen LogP contribution >= 0.6 is 0 Å². The summed E-state index contributed by atoms with van der Waals surface area (Å²) < 4.78 is 0. The highest BCUT2D eigenvalue weighted by atomic mass is 16.6. The third-order valence-corrected chi connectivity index (χ3v) is 3.19. The zero-order valence-corrected chi connectivity index (χ0v) is 9.93. The maximum Gasteiger partial charge on any atom is 0.292 e. The third-order valence-electron chi connectivity index (χ3n) is 3.19. The Bertz CT molecular complexity index is 434. The van der Waals surface area contributed by atoms with Gasteiger partial charge in [-0.25, -0.2) is 0 Å². The van der Waals surface area contributed by atoms with Gasteiger partial charge in [0.2, 0.25) is 0 Å². The number of hydrogen-bond acceptors (Lipinski definition) is 4. The molecule has 5 nitrogen and oxygen atoms in total.